The first-order chi connectivity index (χ1) is 6.13. The minimum atomic E-state index is -0.304. The zero-order valence-corrected chi connectivity index (χ0v) is 8.09. The van der Waals surface area contributed by atoms with Crippen molar-refractivity contribution in [3.05, 3.63) is 0 Å². The maximum atomic E-state index is 11.1. The van der Waals surface area contributed by atoms with E-state index in [2.05, 4.69) is 24.5 Å². The van der Waals surface area contributed by atoms with Gasteiger partial charge in [-0.05, 0) is 12.5 Å². The summed E-state index contributed by atoms with van der Waals surface area (Å²) in [5.74, 6) is 0.184. The lowest BCUT2D eigenvalue weighted by molar-refractivity contribution is -0.125. The lowest BCUT2D eigenvalue weighted by Gasteiger charge is -2.12. The number of hydrogen-bond acceptors (Lipinski definition) is 3. The molecule has 4 nitrogen and oxygen atoms in total. The third kappa shape index (κ3) is 2.81. The summed E-state index contributed by atoms with van der Waals surface area (Å²) < 4.78 is 0. The molecule has 4 heteroatoms. The molecule has 0 aromatic carbocycles. The molecule has 2 N–H and O–H groups in total. The van der Waals surface area contributed by atoms with Crippen molar-refractivity contribution in [1.82, 2.24) is 10.6 Å². The smallest absolute Gasteiger partial charge is 0.244 e. The first-order valence-electron chi connectivity index (χ1n) is 4.70. The van der Waals surface area contributed by atoms with Crippen molar-refractivity contribution < 1.29 is 9.59 Å². The highest BCUT2D eigenvalue weighted by Gasteiger charge is 2.29. The molecule has 0 spiro atoms. The second kappa shape index (κ2) is 4.37. The molecule has 0 radical (unpaired) electrons. The molecule has 0 aliphatic carbocycles. The van der Waals surface area contributed by atoms with Crippen LogP contribution in [-0.4, -0.2) is 24.4 Å². The lowest BCUT2D eigenvalue weighted by atomic mass is 10.1. The van der Waals surface area contributed by atoms with Crippen LogP contribution in [0.4, 0.5) is 0 Å². The van der Waals surface area contributed by atoms with Crippen molar-refractivity contribution in [3.63, 3.8) is 0 Å². The van der Waals surface area contributed by atoms with Gasteiger partial charge in [-0.3, -0.25) is 14.9 Å². The average molecular weight is 184 g/mol. The molecule has 1 heterocycles. The molecule has 0 aromatic heterocycles. The van der Waals surface area contributed by atoms with Gasteiger partial charge in [0.25, 0.3) is 0 Å². The van der Waals surface area contributed by atoms with Crippen LogP contribution in [0.15, 0.2) is 0 Å². The number of hydrogen-bond donors (Lipinski definition) is 2. The zero-order valence-electron chi connectivity index (χ0n) is 8.09. The van der Waals surface area contributed by atoms with Crippen molar-refractivity contribution in [1.29, 1.82) is 0 Å². The summed E-state index contributed by atoms with van der Waals surface area (Å²) in [7, 11) is 0. The second-order valence-electron chi connectivity index (χ2n) is 3.59. The fourth-order valence-electron chi connectivity index (χ4n) is 1.21. The minimum absolute atomic E-state index is 0.174. The SMILES string of the molecule is CCC(C)CNC1CC(=O)NC1=O. The van der Waals surface area contributed by atoms with Gasteiger partial charge in [-0.25, -0.2) is 0 Å². The molecule has 2 amide bonds. The van der Waals surface area contributed by atoms with E-state index in [1.54, 1.807) is 0 Å². The van der Waals surface area contributed by atoms with Gasteiger partial charge >= 0.3 is 0 Å². The Morgan fingerprint density at radius 1 is 1.62 bits per heavy atom. The van der Waals surface area contributed by atoms with Crippen LogP contribution in [0.2, 0.25) is 0 Å². The maximum absolute atomic E-state index is 11.1. The number of nitrogens with one attached hydrogen (secondary N) is 2. The van der Waals surface area contributed by atoms with E-state index in [1.807, 2.05) is 0 Å². The molecule has 13 heavy (non-hydrogen) atoms. The Kier molecular flexibility index (Phi) is 3.42. The first-order valence-corrected chi connectivity index (χ1v) is 4.70. The molecule has 1 rings (SSSR count). The zero-order chi connectivity index (χ0) is 9.84. The summed E-state index contributed by atoms with van der Waals surface area (Å²) in [4.78, 5) is 21.9. The second-order valence-corrected chi connectivity index (χ2v) is 3.59. The molecular formula is C9H16N2O2. The normalized spacial score (nSPS) is 24.6. The number of carbonyl (C=O) groups is 2. The Bertz CT molecular complexity index is 216. The van der Waals surface area contributed by atoms with Gasteiger partial charge in [0.15, 0.2) is 0 Å². The quantitative estimate of drug-likeness (QED) is 0.606. The van der Waals surface area contributed by atoms with Crippen LogP contribution in [0.3, 0.4) is 0 Å². The van der Waals surface area contributed by atoms with Gasteiger partial charge in [-0.15, -0.1) is 0 Å². The van der Waals surface area contributed by atoms with E-state index in [0.29, 0.717) is 5.92 Å². The van der Waals surface area contributed by atoms with Gasteiger partial charge < -0.3 is 5.32 Å². The average Bonchev–Trinajstić information content (AvgIpc) is 2.41. The van der Waals surface area contributed by atoms with Crippen molar-refractivity contribution >= 4 is 11.8 Å². The van der Waals surface area contributed by atoms with Gasteiger partial charge in [0.05, 0.1) is 12.5 Å². The van der Waals surface area contributed by atoms with Crippen LogP contribution >= 0.6 is 0 Å². The van der Waals surface area contributed by atoms with E-state index < -0.39 is 0 Å². The number of amides is 2. The summed E-state index contributed by atoms with van der Waals surface area (Å²) in [5, 5.41) is 5.35. The van der Waals surface area contributed by atoms with Gasteiger partial charge in [-0.2, -0.15) is 0 Å². The molecule has 1 aliphatic rings. The third-order valence-electron chi connectivity index (χ3n) is 2.38. The van der Waals surface area contributed by atoms with E-state index in [9.17, 15) is 9.59 Å². The Balaban J connectivity index is 2.29. The van der Waals surface area contributed by atoms with E-state index in [-0.39, 0.29) is 24.3 Å². The van der Waals surface area contributed by atoms with Crippen molar-refractivity contribution in [2.75, 3.05) is 6.54 Å². The number of carbonyl (C=O) groups excluding carboxylic acids is 2. The van der Waals surface area contributed by atoms with E-state index in [1.165, 1.54) is 0 Å². The standard InChI is InChI=1S/C9H16N2O2/c1-3-6(2)5-10-7-4-8(12)11-9(7)13/h6-7,10H,3-5H2,1-2H3,(H,11,12,13). The molecule has 2 atom stereocenters. The Morgan fingerprint density at radius 2 is 2.31 bits per heavy atom. The fraction of sp³-hybridized carbons (Fsp3) is 0.778. The lowest BCUT2D eigenvalue weighted by Crippen LogP contribution is -2.38. The Morgan fingerprint density at radius 3 is 2.77 bits per heavy atom. The first kappa shape index (κ1) is 10.2. The predicted octanol–water partition coefficient (Wildman–Crippen LogP) is 0.0372. The van der Waals surface area contributed by atoms with Crippen LogP contribution in [0, 0.1) is 5.92 Å². The monoisotopic (exact) mass is 184 g/mol. The molecule has 1 fully saturated rings. The summed E-state index contributed by atoms with van der Waals surface area (Å²) >= 11 is 0. The van der Waals surface area contributed by atoms with Gasteiger partial charge in [0.2, 0.25) is 11.8 Å². The van der Waals surface area contributed by atoms with Crippen molar-refractivity contribution in [2.45, 2.75) is 32.7 Å². The molecule has 1 saturated heterocycles. The van der Waals surface area contributed by atoms with Crippen LogP contribution in [0.25, 0.3) is 0 Å². The summed E-state index contributed by atoms with van der Waals surface area (Å²) in [5.41, 5.74) is 0. The third-order valence-corrected chi connectivity index (χ3v) is 2.38. The van der Waals surface area contributed by atoms with E-state index >= 15 is 0 Å². The molecule has 0 aromatic rings. The van der Waals surface area contributed by atoms with E-state index in [4.69, 9.17) is 0 Å². The highest BCUT2D eigenvalue weighted by molar-refractivity contribution is 6.05. The van der Waals surface area contributed by atoms with Gasteiger partial charge in [0.1, 0.15) is 0 Å². The largest absolute Gasteiger partial charge is 0.305 e. The molecule has 74 valence electrons. The summed E-state index contributed by atoms with van der Waals surface area (Å²) in [6, 6.07) is -0.304. The number of rotatable bonds is 4. The summed E-state index contributed by atoms with van der Waals surface area (Å²) in [6.45, 7) is 5.01. The predicted molar refractivity (Wildman–Crippen MR) is 49.0 cm³/mol. The van der Waals surface area contributed by atoms with Crippen LogP contribution < -0.4 is 10.6 Å². The minimum Gasteiger partial charge on any atom is -0.305 e. The molecule has 1 aliphatic heterocycles. The van der Waals surface area contributed by atoms with Crippen molar-refractivity contribution in [2.24, 2.45) is 5.92 Å². The number of imide groups is 1. The molecule has 0 bridgehead atoms. The molecule has 0 saturated carbocycles. The highest BCUT2D eigenvalue weighted by Crippen LogP contribution is 2.03. The highest BCUT2D eigenvalue weighted by atomic mass is 16.2. The summed E-state index contributed by atoms with van der Waals surface area (Å²) in [6.07, 6.45) is 1.37. The molecule has 2 unspecified atom stereocenters. The maximum Gasteiger partial charge on any atom is 0.244 e. The van der Waals surface area contributed by atoms with Crippen LogP contribution in [0.5, 0.6) is 0 Å². The van der Waals surface area contributed by atoms with Gasteiger partial charge in [-0.1, -0.05) is 20.3 Å². The van der Waals surface area contributed by atoms with Gasteiger partial charge in [0, 0.05) is 0 Å². The van der Waals surface area contributed by atoms with E-state index in [0.717, 1.165) is 13.0 Å². The Labute approximate surface area is 78.1 Å². The van der Waals surface area contributed by atoms with Crippen LogP contribution in [-0.2, 0) is 9.59 Å². The fourth-order valence-corrected chi connectivity index (χ4v) is 1.21. The Hall–Kier alpha value is -0.900. The van der Waals surface area contributed by atoms with Crippen LogP contribution in [0.1, 0.15) is 26.7 Å². The molecular weight excluding hydrogens is 168 g/mol. The van der Waals surface area contributed by atoms with Crippen molar-refractivity contribution in [3.8, 4) is 0 Å². The topological polar surface area (TPSA) is 58.2 Å².